The molecule has 0 aliphatic heterocycles. The highest BCUT2D eigenvalue weighted by molar-refractivity contribution is 5.84. The van der Waals surface area contributed by atoms with Crippen molar-refractivity contribution in [3.63, 3.8) is 0 Å². The maximum absolute atomic E-state index is 12.3. The molecule has 3 heteroatoms. The third-order valence-corrected chi connectivity index (χ3v) is 4.10. The largest absolute Gasteiger partial charge is 0.491 e. The second-order valence-electron chi connectivity index (χ2n) is 5.60. The van der Waals surface area contributed by atoms with Gasteiger partial charge in [-0.05, 0) is 37.3 Å². The zero-order chi connectivity index (χ0) is 13.9. The molecule has 0 bridgehead atoms. The van der Waals surface area contributed by atoms with Gasteiger partial charge in [0.1, 0.15) is 5.75 Å². The summed E-state index contributed by atoms with van der Waals surface area (Å²) in [6.45, 7) is 2.76. The van der Waals surface area contributed by atoms with E-state index in [9.17, 15) is 4.79 Å². The molecule has 1 aromatic heterocycles. The second-order valence-corrected chi connectivity index (χ2v) is 5.60. The minimum atomic E-state index is 0.0996. The van der Waals surface area contributed by atoms with E-state index in [2.05, 4.69) is 11.9 Å². The van der Waals surface area contributed by atoms with Gasteiger partial charge in [-0.2, -0.15) is 0 Å². The van der Waals surface area contributed by atoms with Crippen molar-refractivity contribution in [2.75, 3.05) is 6.61 Å². The first-order valence-corrected chi connectivity index (χ1v) is 7.58. The molecule has 1 saturated carbocycles. The van der Waals surface area contributed by atoms with Gasteiger partial charge in [0.25, 0.3) is 0 Å². The molecule has 0 unspecified atom stereocenters. The Balaban J connectivity index is 2.09. The van der Waals surface area contributed by atoms with E-state index in [1.807, 2.05) is 18.2 Å². The Labute approximate surface area is 119 Å². The summed E-state index contributed by atoms with van der Waals surface area (Å²) >= 11 is 0. The molecule has 1 N–H and O–H groups in total. The van der Waals surface area contributed by atoms with E-state index in [4.69, 9.17) is 4.74 Å². The Bertz CT molecular complexity index is 654. The zero-order valence-electron chi connectivity index (χ0n) is 11.9. The highest BCUT2D eigenvalue weighted by Crippen LogP contribution is 2.34. The fraction of sp³-hybridized carbons (Fsp3) is 0.471. The molecule has 1 heterocycles. The van der Waals surface area contributed by atoms with Crippen molar-refractivity contribution in [3.05, 3.63) is 40.2 Å². The van der Waals surface area contributed by atoms with Gasteiger partial charge in [0, 0.05) is 17.1 Å². The normalized spacial score (nSPS) is 15.8. The van der Waals surface area contributed by atoms with Crippen LogP contribution in [0.25, 0.3) is 10.9 Å². The monoisotopic (exact) mass is 271 g/mol. The van der Waals surface area contributed by atoms with E-state index in [-0.39, 0.29) is 5.43 Å². The Kier molecular flexibility index (Phi) is 3.77. The van der Waals surface area contributed by atoms with Crippen molar-refractivity contribution < 1.29 is 4.74 Å². The van der Waals surface area contributed by atoms with Crippen molar-refractivity contribution in [1.82, 2.24) is 4.98 Å². The van der Waals surface area contributed by atoms with Crippen molar-refractivity contribution in [2.45, 2.75) is 44.9 Å². The number of benzene rings is 1. The van der Waals surface area contributed by atoms with Crippen LogP contribution in [0.15, 0.2) is 29.1 Å². The lowest BCUT2D eigenvalue weighted by atomic mass is 10.0. The van der Waals surface area contributed by atoms with Gasteiger partial charge in [-0.1, -0.05) is 25.8 Å². The van der Waals surface area contributed by atoms with Gasteiger partial charge < -0.3 is 9.72 Å². The third kappa shape index (κ3) is 2.45. The van der Waals surface area contributed by atoms with Crippen molar-refractivity contribution in [3.8, 4) is 5.75 Å². The third-order valence-electron chi connectivity index (χ3n) is 4.10. The van der Waals surface area contributed by atoms with Crippen molar-refractivity contribution in [1.29, 1.82) is 0 Å². The molecule has 0 atom stereocenters. The first-order valence-electron chi connectivity index (χ1n) is 7.58. The van der Waals surface area contributed by atoms with Crippen LogP contribution in [0.2, 0.25) is 0 Å². The van der Waals surface area contributed by atoms with Gasteiger partial charge in [-0.25, -0.2) is 0 Å². The fourth-order valence-corrected chi connectivity index (χ4v) is 3.05. The quantitative estimate of drug-likeness (QED) is 0.914. The molecule has 3 rings (SSSR count). The second kappa shape index (κ2) is 5.70. The first kappa shape index (κ1) is 13.2. The van der Waals surface area contributed by atoms with E-state index < -0.39 is 0 Å². The molecule has 20 heavy (non-hydrogen) atoms. The maximum atomic E-state index is 12.3. The van der Waals surface area contributed by atoms with Gasteiger partial charge in [0.2, 0.25) is 0 Å². The molecule has 0 radical (unpaired) electrons. The minimum Gasteiger partial charge on any atom is -0.491 e. The number of ether oxygens (including phenoxy) is 1. The number of fused-ring (bicyclic) bond motifs is 1. The number of aromatic amines is 1. The van der Waals surface area contributed by atoms with Gasteiger partial charge in [-0.15, -0.1) is 0 Å². The Morgan fingerprint density at radius 2 is 2.10 bits per heavy atom. The molecular weight excluding hydrogens is 250 g/mol. The predicted molar refractivity (Wildman–Crippen MR) is 81.6 cm³/mol. The van der Waals surface area contributed by atoms with Gasteiger partial charge >= 0.3 is 0 Å². The Morgan fingerprint density at radius 1 is 1.30 bits per heavy atom. The Morgan fingerprint density at radius 3 is 2.85 bits per heavy atom. The molecule has 0 amide bonds. The topological polar surface area (TPSA) is 42.1 Å². The van der Waals surface area contributed by atoms with Crippen molar-refractivity contribution in [2.24, 2.45) is 0 Å². The predicted octanol–water partition coefficient (Wildman–Crippen LogP) is 3.97. The number of nitrogens with one attached hydrogen (secondary N) is 1. The average Bonchev–Trinajstić information content (AvgIpc) is 2.99. The van der Waals surface area contributed by atoms with E-state index in [1.165, 1.54) is 25.7 Å². The summed E-state index contributed by atoms with van der Waals surface area (Å²) < 4.78 is 5.77. The highest BCUT2D eigenvalue weighted by atomic mass is 16.5. The standard InChI is InChI=1S/C17H21NO2/c1-2-10-20-16-9-5-8-13-15(19)11-14(18-17(13)16)12-6-3-4-7-12/h5,8-9,11-12H,2-4,6-7,10H2,1H3,(H,18,19). The molecule has 1 aliphatic carbocycles. The lowest BCUT2D eigenvalue weighted by Crippen LogP contribution is -2.09. The van der Waals surface area contributed by atoms with Crippen LogP contribution in [0.1, 0.15) is 50.6 Å². The fourth-order valence-electron chi connectivity index (χ4n) is 3.05. The summed E-state index contributed by atoms with van der Waals surface area (Å²) in [5.41, 5.74) is 2.03. The lowest BCUT2D eigenvalue weighted by molar-refractivity contribution is 0.320. The molecule has 1 fully saturated rings. The smallest absolute Gasteiger partial charge is 0.189 e. The van der Waals surface area contributed by atoms with Crippen LogP contribution in [0.3, 0.4) is 0 Å². The molecule has 0 spiro atoms. The molecule has 0 saturated heterocycles. The van der Waals surface area contributed by atoms with Gasteiger partial charge in [0.05, 0.1) is 12.1 Å². The van der Waals surface area contributed by atoms with Crippen molar-refractivity contribution >= 4 is 10.9 Å². The van der Waals surface area contributed by atoms with Crippen LogP contribution < -0.4 is 10.2 Å². The number of hydrogen-bond acceptors (Lipinski definition) is 2. The summed E-state index contributed by atoms with van der Waals surface area (Å²) in [7, 11) is 0. The van der Waals surface area contributed by atoms with Gasteiger partial charge in [-0.3, -0.25) is 4.79 Å². The van der Waals surface area contributed by atoms with Gasteiger partial charge in [0.15, 0.2) is 5.43 Å². The van der Waals surface area contributed by atoms with Crippen LogP contribution >= 0.6 is 0 Å². The molecule has 3 nitrogen and oxygen atoms in total. The number of rotatable bonds is 4. The summed E-state index contributed by atoms with van der Waals surface area (Å²) in [5.74, 6) is 1.30. The maximum Gasteiger partial charge on any atom is 0.189 e. The summed E-state index contributed by atoms with van der Waals surface area (Å²) in [4.78, 5) is 15.8. The highest BCUT2D eigenvalue weighted by Gasteiger charge is 2.19. The Hall–Kier alpha value is -1.77. The van der Waals surface area contributed by atoms with Crippen LogP contribution in [0.4, 0.5) is 0 Å². The van der Waals surface area contributed by atoms with E-state index in [0.29, 0.717) is 12.5 Å². The van der Waals surface area contributed by atoms with E-state index in [0.717, 1.165) is 28.8 Å². The van der Waals surface area contributed by atoms with Crippen LogP contribution in [0.5, 0.6) is 5.75 Å². The van der Waals surface area contributed by atoms with Crippen LogP contribution in [0, 0.1) is 0 Å². The number of pyridine rings is 1. The zero-order valence-corrected chi connectivity index (χ0v) is 11.9. The SMILES string of the molecule is CCCOc1cccc2c(=O)cc(C3CCCC3)[nH]c12. The summed E-state index contributed by atoms with van der Waals surface area (Å²) in [6.07, 6.45) is 5.85. The van der Waals surface area contributed by atoms with Crippen LogP contribution in [-0.2, 0) is 0 Å². The molecule has 1 aromatic carbocycles. The minimum absolute atomic E-state index is 0.0996. The van der Waals surface area contributed by atoms with E-state index >= 15 is 0 Å². The number of hydrogen-bond donors (Lipinski definition) is 1. The molecule has 2 aromatic rings. The van der Waals surface area contributed by atoms with E-state index in [1.54, 1.807) is 6.07 Å². The first-order chi connectivity index (χ1) is 9.79. The lowest BCUT2D eigenvalue weighted by Gasteiger charge is -2.13. The summed E-state index contributed by atoms with van der Waals surface area (Å²) in [6, 6.07) is 7.47. The number of H-pyrrole nitrogens is 1. The molecule has 1 aliphatic rings. The number of aromatic nitrogens is 1. The summed E-state index contributed by atoms with van der Waals surface area (Å²) in [5, 5.41) is 0.723. The number of para-hydroxylation sites is 1. The molecular formula is C17H21NO2. The molecule has 106 valence electrons. The van der Waals surface area contributed by atoms with Crippen LogP contribution in [-0.4, -0.2) is 11.6 Å². The average molecular weight is 271 g/mol.